The highest BCUT2D eigenvalue weighted by atomic mass is 16.5. The SMILES string of the molecule is CC(C)(C)c1ccc(C(=O)NC(=O)COC(=O)c2ccc(CO)cc2)cc1. The molecule has 0 heterocycles. The lowest BCUT2D eigenvalue weighted by Gasteiger charge is -2.19. The Bertz CT molecular complexity index is 817. The lowest BCUT2D eigenvalue weighted by molar-refractivity contribution is -0.123. The molecule has 2 N–H and O–H groups in total. The van der Waals surface area contributed by atoms with Crippen LogP contribution in [0.15, 0.2) is 48.5 Å². The topological polar surface area (TPSA) is 92.7 Å². The van der Waals surface area contributed by atoms with Crippen LogP contribution in [-0.4, -0.2) is 29.5 Å². The van der Waals surface area contributed by atoms with Gasteiger partial charge in [0.2, 0.25) is 0 Å². The highest BCUT2D eigenvalue weighted by Gasteiger charge is 2.16. The van der Waals surface area contributed by atoms with Gasteiger partial charge in [-0.1, -0.05) is 45.0 Å². The molecule has 2 rings (SSSR count). The Morgan fingerprint density at radius 1 is 0.926 bits per heavy atom. The zero-order valence-corrected chi connectivity index (χ0v) is 15.6. The Kier molecular flexibility index (Phi) is 6.47. The van der Waals surface area contributed by atoms with Gasteiger partial charge in [-0.05, 0) is 40.8 Å². The number of imide groups is 1. The van der Waals surface area contributed by atoms with Crippen molar-refractivity contribution in [3.63, 3.8) is 0 Å². The Labute approximate surface area is 158 Å². The number of benzene rings is 2. The summed E-state index contributed by atoms with van der Waals surface area (Å²) in [5.41, 5.74) is 2.30. The lowest BCUT2D eigenvalue weighted by Crippen LogP contribution is -2.34. The van der Waals surface area contributed by atoms with E-state index < -0.39 is 24.4 Å². The van der Waals surface area contributed by atoms with E-state index in [4.69, 9.17) is 9.84 Å². The molecule has 0 fully saturated rings. The minimum atomic E-state index is -0.708. The molecule has 0 unspecified atom stereocenters. The van der Waals surface area contributed by atoms with Gasteiger partial charge in [0, 0.05) is 5.56 Å². The summed E-state index contributed by atoms with van der Waals surface area (Å²) < 4.78 is 4.90. The van der Waals surface area contributed by atoms with Crippen molar-refractivity contribution in [2.45, 2.75) is 32.8 Å². The summed E-state index contributed by atoms with van der Waals surface area (Å²) in [6.45, 7) is 5.51. The Morgan fingerprint density at radius 2 is 1.48 bits per heavy atom. The summed E-state index contributed by atoms with van der Waals surface area (Å²) in [6, 6.07) is 13.1. The van der Waals surface area contributed by atoms with E-state index in [9.17, 15) is 14.4 Å². The molecule has 2 aromatic carbocycles. The van der Waals surface area contributed by atoms with Crippen molar-refractivity contribution in [3.05, 3.63) is 70.8 Å². The van der Waals surface area contributed by atoms with Gasteiger partial charge in [0.1, 0.15) is 0 Å². The van der Waals surface area contributed by atoms with Crippen LogP contribution in [0.3, 0.4) is 0 Å². The zero-order valence-electron chi connectivity index (χ0n) is 15.6. The van der Waals surface area contributed by atoms with Crippen LogP contribution in [0, 0.1) is 0 Å². The molecule has 0 radical (unpaired) electrons. The van der Waals surface area contributed by atoms with Gasteiger partial charge in [0.15, 0.2) is 6.61 Å². The molecular formula is C21H23NO5. The fourth-order valence-electron chi connectivity index (χ4n) is 2.32. The van der Waals surface area contributed by atoms with Gasteiger partial charge in [-0.15, -0.1) is 0 Å². The number of carbonyl (C=O) groups excluding carboxylic acids is 3. The molecular weight excluding hydrogens is 346 g/mol. The predicted octanol–water partition coefficient (Wildman–Crippen LogP) is 2.59. The van der Waals surface area contributed by atoms with Crippen LogP contribution in [0.25, 0.3) is 0 Å². The van der Waals surface area contributed by atoms with Crippen molar-refractivity contribution in [1.29, 1.82) is 0 Å². The minimum absolute atomic E-state index is 0.0333. The van der Waals surface area contributed by atoms with E-state index in [2.05, 4.69) is 26.1 Å². The summed E-state index contributed by atoms with van der Waals surface area (Å²) in [6.07, 6.45) is 0. The maximum Gasteiger partial charge on any atom is 0.338 e. The standard InChI is InChI=1S/C21H23NO5/c1-21(2,3)17-10-8-15(9-11-17)19(25)22-18(24)13-27-20(26)16-6-4-14(12-23)5-7-16/h4-11,23H,12-13H2,1-3H3,(H,22,24,25). The van der Waals surface area contributed by atoms with E-state index in [-0.39, 0.29) is 17.6 Å². The average molecular weight is 369 g/mol. The number of hydrogen-bond donors (Lipinski definition) is 2. The lowest BCUT2D eigenvalue weighted by atomic mass is 9.87. The fourth-order valence-corrected chi connectivity index (χ4v) is 2.32. The Hall–Kier alpha value is -2.99. The zero-order chi connectivity index (χ0) is 20.0. The smallest absolute Gasteiger partial charge is 0.338 e. The molecule has 2 aromatic rings. The Balaban J connectivity index is 1.87. The first kappa shape index (κ1) is 20.3. The second kappa shape index (κ2) is 8.60. The largest absolute Gasteiger partial charge is 0.452 e. The first-order valence-electron chi connectivity index (χ1n) is 8.52. The number of aliphatic hydroxyl groups is 1. The van der Waals surface area contributed by atoms with Gasteiger partial charge in [-0.3, -0.25) is 14.9 Å². The molecule has 27 heavy (non-hydrogen) atoms. The van der Waals surface area contributed by atoms with E-state index in [1.165, 1.54) is 12.1 Å². The predicted molar refractivity (Wildman–Crippen MR) is 100 cm³/mol. The van der Waals surface area contributed by atoms with Crippen molar-refractivity contribution in [1.82, 2.24) is 5.32 Å². The minimum Gasteiger partial charge on any atom is -0.452 e. The summed E-state index contributed by atoms with van der Waals surface area (Å²) in [4.78, 5) is 35.8. The first-order valence-corrected chi connectivity index (χ1v) is 8.52. The maximum atomic E-state index is 12.1. The van der Waals surface area contributed by atoms with Crippen LogP contribution in [0.4, 0.5) is 0 Å². The number of ether oxygens (including phenoxy) is 1. The molecule has 142 valence electrons. The summed E-state index contributed by atoms with van der Waals surface area (Å²) in [5.74, 6) is -1.94. The molecule has 2 amide bonds. The number of nitrogens with one attached hydrogen (secondary N) is 1. The van der Waals surface area contributed by atoms with E-state index in [0.29, 0.717) is 11.1 Å². The van der Waals surface area contributed by atoms with Gasteiger partial charge >= 0.3 is 5.97 Å². The second-order valence-electron chi connectivity index (χ2n) is 7.14. The maximum absolute atomic E-state index is 12.1. The third-order valence-corrected chi connectivity index (χ3v) is 3.97. The average Bonchev–Trinajstić information content (AvgIpc) is 2.65. The number of carbonyl (C=O) groups is 3. The summed E-state index contributed by atoms with van der Waals surface area (Å²) in [7, 11) is 0. The number of rotatable bonds is 5. The van der Waals surface area contributed by atoms with Crippen LogP contribution >= 0.6 is 0 Å². The molecule has 0 aromatic heterocycles. The monoisotopic (exact) mass is 369 g/mol. The van der Waals surface area contributed by atoms with Crippen LogP contribution in [0.5, 0.6) is 0 Å². The van der Waals surface area contributed by atoms with Crippen molar-refractivity contribution >= 4 is 17.8 Å². The molecule has 6 heteroatoms. The van der Waals surface area contributed by atoms with Crippen LogP contribution in [0.2, 0.25) is 0 Å². The highest BCUT2D eigenvalue weighted by Crippen LogP contribution is 2.22. The number of aliphatic hydroxyl groups excluding tert-OH is 1. The fraction of sp³-hybridized carbons (Fsp3) is 0.286. The Morgan fingerprint density at radius 3 is 2.00 bits per heavy atom. The number of amides is 2. The van der Waals surface area contributed by atoms with Crippen molar-refractivity contribution in [3.8, 4) is 0 Å². The molecule has 0 aliphatic carbocycles. The number of esters is 1. The molecule has 0 saturated heterocycles. The molecule has 0 aliphatic rings. The second-order valence-corrected chi connectivity index (χ2v) is 7.14. The highest BCUT2D eigenvalue weighted by molar-refractivity contribution is 6.05. The van der Waals surface area contributed by atoms with Crippen LogP contribution < -0.4 is 5.32 Å². The number of hydrogen-bond acceptors (Lipinski definition) is 5. The quantitative estimate of drug-likeness (QED) is 0.791. The van der Waals surface area contributed by atoms with Gasteiger partial charge in [0.25, 0.3) is 11.8 Å². The van der Waals surface area contributed by atoms with Crippen LogP contribution in [0.1, 0.15) is 52.6 Å². The third kappa shape index (κ3) is 5.76. The van der Waals surface area contributed by atoms with E-state index in [1.54, 1.807) is 24.3 Å². The van der Waals surface area contributed by atoms with Gasteiger partial charge in [-0.25, -0.2) is 4.79 Å². The molecule has 0 aliphatic heterocycles. The summed E-state index contributed by atoms with van der Waals surface area (Å²) >= 11 is 0. The summed E-state index contributed by atoms with van der Waals surface area (Å²) in [5, 5.41) is 11.2. The van der Waals surface area contributed by atoms with Crippen molar-refractivity contribution in [2.24, 2.45) is 0 Å². The third-order valence-electron chi connectivity index (χ3n) is 3.97. The van der Waals surface area contributed by atoms with Gasteiger partial charge < -0.3 is 9.84 Å². The van der Waals surface area contributed by atoms with E-state index in [0.717, 1.165) is 5.56 Å². The van der Waals surface area contributed by atoms with E-state index >= 15 is 0 Å². The van der Waals surface area contributed by atoms with Crippen molar-refractivity contribution < 1.29 is 24.2 Å². The molecule has 0 saturated carbocycles. The van der Waals surface area contributed by atoms with Gasteiger partial charge in [-0.2, -0.15) is 0 Å². The van der Waals surface area contributed by atoms with Crippen molar-refractivity contribution in [2.75, 3.05) is 6.61 Å². The normalized spacial score (nSPS) is 11.0. The van der Waals surface area contributed by atoms with E-state index in [1.807, 2.05) is 12.1 Å². The molecule has 0 atom stereocenters. The molecule has 0 spiro atoms. The van der Waals surface area contributed by atoms with Crippen LogP contribution in [-0.2, 0) is 21.6 Å². The first-order chi connectivity index (χ1) is 12.7. The molecule has 6 nitrogen and oxygen atoms in total. The molecule has 0 bridgehead atoms. The van der Waals surface area contributed by atoms with Gasteiger partial charge in [0.05, 0.1) is 12.2 Å².